The number of carboxylic acid groups (broad SMARTS) is 1. The number of thiophene rings is 1. The number of sulfonamides is 1. The highest BCUT2D eigenvalue weighted by Crippen LogP contribution is 2.21. The molecule has 0 bridgehead atoms. The molecule has 1 heterocycles. The molecule has 1 unspecified atom stereocenters. The fourth-order valence-electron chi connectivity index (χ4n) is 1.06. The van der Waals surface area contributed by atoms with Crippen LogP contribution in [0.2, 0.25) is 0 Å². The SMILES string of the molecule is CC(O)C(C)(C)NS(=O)(=O)c1csc(C(=O)O)c1. The molecule has 0 saturated carbocycles. The smallest absolute Gasteiger partial charge is 0.345 e. The molecule has 0 radical (unpaired) electrons. The Hall–Kier alpha value is -0.960. The molecular weight excluding hydrogens is 278 g/mol. The quantitative estimate of drug-likeness (QED) is 0.748. The number of hydrogen-bond donors (Lipinski definition) is 3. The van der Waals surface area contributed by atoms with Crippen molar-refractivity contribution in [2.24, 2.45) is 0 Å². The van der Waals surface area contributed by atoms with Crippen LogP contribution in [0.1, 0.15) is 30.4 Å². The summed E-state index contributed by atoms with van der Waals surface area (Å²) in [6.07, 6.45) is -0.884. The molecule has 18 heavy (non-hydrogen) atoms. The Balaban J connectivity index is 3.03. The Kier molecular flexibility index (Phi) is 4.16. The third-order valence-electron chi connectivity index (χ3n) is 2.54. The molecule has 0 spiro atoms. The van der Waals surface area contributed by atoms with Crippen LogP contribution in [-0.4, -0.2) is 36.2 Å². The molecule has 0 fully saturated rings. The highest BCUT2D eigenvalue weighted by Gasteiger charge is 2.31. The molecule has 6 nitrogen and oxygen atoms in total. The van der Waals surface area contributed by atoms with Crippen LogP contribution >= 0.6 is 11.3 Å². The van der Waals surface area contributed by atoms with Crippen LogP contribution in [0, 0.1) is 0 Å². The third-order valence-corrected chi connectivity index (χ3v) is 5.26. The zero-order valence-corrected chi connectivity index (χ0v) is 11.8. The number of aliphatic hydroxyl groups excluding tert-OH is 1. The minimum atomic E-state index is -3.84. The molecule has 1 aromatic heterocycles. The monoisotopic (exact) mass is 293 g/mol. The molecule has 102 valence electrons. The van der Waals surface area contributed by atoms with Gasteiger partial charge < -0.3 is 10.2 Å². The van der Waals surface area contributed by atoms with Crippen LogP contribution in [-0.2, 0) is 10.0 Å². The van der Waals surface area contributed by atoms with Gasteiger partial charge in [-0.2, -0.15) is 0 Å². The number of hydrogen-bond acceptors (Lipinski definition) is 5. The van der Waals surface area contributed by atoms with E-state index < -0.39 is 27.6 Å². The van der Waals surface area contributed by atoms with Crippen LogP contribution < -0.4 is 4.72 Å². The maximum Gasteiger partial charge on any atom is 0.345 e. The van der Waals surface area contributed by atoms with Crippen LogP contribution in [0.25, 0.3) is 0 Å². The topological polar surface area (TPSA) is 104 Å². The summed E-state index contributed by atoms with van der Waals surface area (Å²) < 4.78 is 26.3. The van der Waals surface area contributed by atoms with Crippen molar-refractivity contribution in [1.29, 1.82) is 0 Å². The second-order valence-corrected chi connectivity index (χ2v) is 7.05. The Morgan fingerprint density at radius 3 is 2.44 bits per heavy atom. The highest BCUT2D eigenvalue weighted by atomic mass is 32.2. The van der Waals surface area contributed by atoms with Crippen LogP contribution in [0.4, 0.5) is 0 Å². The normalized spacial score (nSPS) is 14.4. The maximum absolute atomic E-state index is 12.0. The van der Waals surface area contributed by atoms with E-state index in [2.05, 4.69) is 4.72 Å². The molecule has 1 rings (SSSR count). The summed E-state index contributed by atoms with van der Waals surface area (Å²) in [5, 5.41) is 19.5. The molecular formula is C10H15NO5S2. The van der Waals surface area contributed by atoms with E-state index in [1.54, 1.807) is 13.8 Å². The first-order valence-electron chi connectivity index (χ1n) is 5.10. The Morgan fingerprint density at radius 2 is 2.06 bits per heavy atom. The first-order valence-corrected chi connectivity index (χ1v) is 7.46. The van der Waals surface area contributed by atoms with Gasteiger partial charge >= 0.3 is 5.97 Å². The van der Waals surface area contributed by atoms with Gasteiger partial charge in [-0.25, -0.2) is 17.9 Å². The summed E-state index contributed by atoms with van der Waals surface area (Å²) in [7, 11) is -3.84. The number of carbonyl (C=O) groups is 1. The fraction of sp³-hybridized carbons (Fsp3) is 0.500. The van der Waals surface area contributed by atoms with E-state index in [1.807, 2.05) is 0 Å². The molecule has 0 aliphatic heterocycles. The summed E-state index contributed by atoms with van der Waals surface area (Å²) in [6.45, 7) is 4.55. The van der Waals surface area contributed by atoms with Gasteiger partial charge in [0, 0.05) is 5.38 Å². The Labute approximate surface area is 109 Å². The summed E-state index contributed by atoms with van der Waals surface area (Å²) in [5.74, 6) is -1.17. The zero-order chi connectivity index (χ0) is 14.1. The van der Waals surface area contributed by atoms with Crippen molar-refractivity contribution in [3.05, 3.63) is 16.3 Å². The molecule has 0 amide bonds. The zero-order valence-electron chi connectivity index (χ0n) is 10.2. The van der Waals surface area contributed by atoms with Gasteiger partial charge in [-0.1, -0.05) is 0 Å². The molecule has 8 heteroatoms. The summed E-state index contributed by atoms with van der Waals surface area (Å²) in [5.41, 5.74) is -1.04. The van der Waals surface area contributed by atoms with Crippen molar-refractivity contribution in [1.82, 2.24) is 4.72 Å². The highest BCUT2D eigenvalue weighted by molar-refractivity contribution is 7.89. The number of nitrogens with one attached hydrogen (secondary N) is 1. The van der Waals surface area contributed by atoms with Crippen LogP contribution in [0.15, 0.2) is 16.3 Å². The maximum atomic E-state index is 12.0. The minimum absolute atomic E-state index is 0.0507. The van der Waals surface area contributed by atoms with E-state index >= 15 is 0 Å². The Morgan fingerprint density at radius 1 is 1.50 bits per heavy atom. The van der Waals surface area contributed by atoms with Gasteiger partial charge in [-0.3, -0.25) is 0 Å². The van der Waals surface area contributed by atoms with Gasteiger partial charge in [0.2, 0.25) is 10.0 Å². The second kappa shape index (κ2) is 4.96. The van der Waals surface area contributed by atoms with E-state index in [9.17, 15) is 18.3 Å². The van der Waals surface area contributed by atoms with E-state index in [4.69, 9.17) is 5.11 Å². The minimum Gasteiger partial charge on any atom is -0.477 e. The van der Waals surface area contributed by atoms with E-state index in [0.29, 0.717) is 0 Å². The average molecular weight is 293 g/mol. The number of aliphatic hydroxyl groups is 1. The summed E-state index contributed by atoms with van der Waals surface area (Å²) in [4.78, 5) is 10.5. The van der Waals surface area contributed by atoms with Crippen molar-refractivity contribution in [3.8, 4) is 0 Å². The molecule has 0 aliphatic rings. The van der Waals surface area contributed by atoms with Gasteiger partial charge in [0.15, 0.2) is 0 Å². The average Bonchev–Trinajstić information content (AvgIpc) is 2.64. The lowest BCUT2D eigenvalue weighted by molar-refractivity contribution is 0.0702. The third kappa shape index (κ3) is 3.29. The van der Waals surface area contributed by atoms with Gasteiger partial charge in [-0.15, -0.1) is 11.3 Å². The van der Waals surface area contributed by atoms with Crippen LogP contribution in [0.5, 0.6) is 0 Å². The lowest BCUT2D eigenvalue weighted by atomic mass is 10.0. The largest absolute Gasteiger partial charge is 0.477 e. The van der Waals surface area contributed by atoms with Gasteiger partial charge in [-0.05, 0) is 26.8 Å². The standard InChI is InChI=1S/C10H15NO5S2/c1-6(12)10(2,3)11-18(15,16)7-4-8(9(13)14)17-5-7/h4-6,11-12H,1-3H3,(H,13,14). The number of rotatable bonds is 5. The summed E-state index contributed by atoms with van der Waals surface area (Å²) >= 11 is 0.838. The fourth-order valence-corrected chi connectivity index (χ4v) is 3.65. The van der Waals surface area contributed by atoms with Gasteiger partial charge in [0.25, 0.3) is 0 Å². The van der Waals surface area contributed by atoms with Crippen LogP contribution in [0.3, 0.4) is 0 Å². The molecule has 0 aromatic carbocycles. The lowest BCUT2D eigenvalue weighted by Gasteiger charge is -2.28. The first-order chi connectivity index (χ1) is 8.06. The van der Waals surface area contributed by atoms with Crippen molar-refractivity contribution in [2.75, 3.05) is 0 Å². The van der Waals surface area contributed by atoms with Gasteiger partial charge in [0.1, 0.15) is 4.88 Å². The predicted octanol–water partition coefficient (Wildman–Crippen LogP) is 0.884. The predicted molar refractivity (Wildman–Crippen MR) is 67.4 cm³/mol. The number of aromatic carboxylic acids is 1. The van der Waals surface area contributed by atoms with E-state index in [-0.39, 0.29) is 9.77 Å². The lowest BCUT2D eigenvalue weighted by Crippen LogP contribution is -2.50. The molecule has 3 N–H and O–H groups in total. The van der Waals surface area contributed by atoms with Crippen molar-refractivity contribution >= 4 is 27.3 Å². The second-order valence-electron chi connectivity index (χ2n) is 4.45. The molecule has 1 aromatic rings. The number of carboxylic acids is 1. The first kappa shape index (κ1) is 15.1. The Bertz CT molecular complexity index is 544. The molecule has 0 aliphatic carbocycles. The van der Waals surface area contributed by atoms with E-state index in [1.165, 1.54) is 12.3 Å². The molecule has 1 atom stereocenters. The van der Waals surface area contributed by atoms with E-state index in [0.717, 1.165) is 17.4 Å². The van der Waals surface area contributed by atoms with Crippen molar-refractivity contribution in [2.45, 2.75) is 37.3 Å². The van der Waals surface area contributed by atoms with Crippen molar-refractivity contribution in [3.63, 3.8) is 0 Å². The summed E-state index contributed by atoms with van der Waals surface area (Å²) in [6, 6.07) is 1.09. The van der Waals surface area contributed by atoms with Crippen molar-refractivity contribution < 1.29 is 23.4 Å². The molecule has 0 saturated heterocycles. The van der Waals surface area contributed by atoms with Gasteiger partial charge in [0.05, 0.1) is 16.5 Å².